The van der Waals surface area contributed by atoms with Gasteiger partial charge in [0, 0.05) is 0 Å². The summed E-state index contributed by atoms with van der Waals surface area (Å²) in [6, 6.07) is 5.70. The largest absolute Gasteiger partial charge is 0.508 e. The predicted octanol–water partition coefficient (Wildman–Crippen LogP) is 2.16. The van der Waals surface area contributed by atoms with Crippen LogP contribution in [0.15, 0.2) is 18.2 Å². The van der Waals surface area contributed by atoms with Gasteiger partial charge in [-0.2, -0.15) is 0 Å². The Morgan fingerprint density at radius 2 is 2.07 bits per heavy atom. The summed E-state index contributed by atoms with van der Waals surface area (Å²) in [6.45, 7) is 1.96. The molecule has 2 rings (SSSR count). The molecule has 0 spiro atoms. The van der Waals surface area contributed by atoms with E-state index < -0.39 is 5.60 Å². The first-order valence-corrected chi connectivity index (χ1v) is 5.10. The molecule has 14 heavy (non-hydrogen) atoms. The van der Waals surface area contributed by atoms with Gasteiger partial charge in [-0.1, -0.05) is 12.1 Å². The van der Waals surface area contributed by atoms with Gasteiger partial charge in [-0.15, -0.1) is 0 Å². The highest BCUT2D eigenvalue weighted by Crippen LogP contribution is 2.39. The molecule has 0 aromatic heterocycles. The van der Waals surface area contributed by atoms with E-state index in [0.717, 1.165) is 36.8 Å². The van der Waals surface area contributed by atoms with Gasteiger partial charge in [0.2, 0.25) is 0 Å². The van der Waals surface area contributed by atoms with Gasteiger partial charge >= 0.3 is 0 Å². The average Bonchev–Trinajstić information content (AvgIpc) is 2.83. The Balaban J connectivity index is 2.02. The molecule has 0 radical (unpaired) electrons. The molecule has 2 heteroatoms. The second-order valence-electron chi connectivity index (χ2n) is 4.36. The molecule has 76 valence electrons. The molecule has 1 fully saturated rings. The van der Waals surface area contributed by atoms with Gasteiger partial charge in [0.15, 0.2) is 0 Å². The number of aryl methyl sites for hydroxylation is 2. The van der Waals surface area contributed by atoms with Crippen LogP contribution in [0.5, 0.6) is 5.75 Å². The van der Waals surface area contributed by atoms with E-state index in [1.807, 2.05) is 19.1 Å². The monoisotopic (exact) mass is 192 g/mol. The van der Waals surface area contributed by atoms with Crippen LogP contribution in [0.1, 0.15) is 30.4 Å². The number of hydrogen-bond donors (Lipinski definition) is 2. The highest BCUT2D eigenvalue weighted by Gasteiger charge is 2.39. The third-order valence-electron chi connectivity index (χ3n) is 2.93. The van der Waals surface area contributed by atoms with Crippen molar-refractivity contribution in [2.45, 2.75) is 38.2 Å². The fourth-order valence-corrected chi connectivity index (χ4v) is 1.65. The van der Waals surface area contributed by atoms with E-state index in [9.17, 15) is 10.2 Å². The van der Waals surface area contributed by atoms with Gasteiger partial charge in [-0.05, 0) is 49.8 Å². The van der Waals surface area contributed by atoms with Crippen LogP contribution >= 0.6 is 0 Å². The average molecular weight is 192 g/mol. The van der Waals surface area contributed by atoms with E-state index in [-0.39, 0.29) is 0 Å². The summed E-state index contributed by atoms with van der Waals surface area (Å²) in [6.07, 6.45) is 3.37. The summed E-state index contributed by atoms with van der Waals surface area (Å²) in [7, 11) is 0. The van der Waals surface area contributed by atoms with Crippen LogP contribution in [-0.2, 0) is 6.42 Å². The molecular formula is C12H16O2. The van der Waals surface area contributed by atoms with Gasteiger partial charge < -0.3 is 10.2 Å². The van der Waals surface area contributed by atoms with Crippen molar-refractivity contribution in [3.05, 3.63) is 29.3 Å². The zero-order valence-electron chi connectivity index (χ0n) is 8.45. The number of aromatic hydroxyl groups is 1. The number of rotatable bonds is 3. The van der Waals surface area contributed by atoms with Crippen LogP contribution < -0.4 is 0 Å². The first kappa shape index (κ1) is 9.53. The quantitative estimate of drug-likeness (QED) is 0.770. The van der Waals surface area contributed by atoms with Crippen molar-refractivity contribution < 1.29 is 10.2 Å². The summed E-state index contributed by atoms with van der Waals surface area (Å²) in [5.41, 5.74) is 1.59. The fourth-order valence-electron chi connectivity index (χ4n) is 1.65. The number of hydrogen-bond acceptors (Lipinski definition) is 2. The molecule has 1 aromatic rings. The highest BCUT2D eigenvalue weighted by molar-refractivity contribution is 5.36. The molecule has 2 N–H and O–H groups in total. The van der Waals surface area contributed by atoms with Gasteiger partial charge in [0.05, 0.1) is 5.60 Å². The Kier molecular flexibility index (Phi) is 2.23. The number of phenols is 1. The first-order chi connectivity index (χ1) is 6.59. The van der Waals surface area contributed by atoms with Crippen molar-refractivity contribution in [3.63, 3.8) is 0 Å². The minimum atomic E-state index is -0.419. The lowest BCUT2D eigenvalue weighted by atomic mass is 10.0. The van der Waals surface area contributed by atoms with Crippen LogP contribution in [0, 0.1) is 6.92 Å². The first-order valence-electron chi connectivity index (χ1n) is 5.10. The van der Waals surface area contributed by atoms with Crippen molar-refractivity contribution in [1.29, 1.82) is 0 Å². The molecule has 0 unspecified atom stereocenters. The van der Waals surface area contributed by atoms with Crippen LogP contribution in [-0.4, -0.2) is 15.8 Å². The predicted molar refractivity (Wildman–Crippen MR) is 55.3 cm³/mol. The highest BCUT2D eigenvalue weighted by atomic mass is 16.3. The van der Waals surface area contributed by atoms with Crippen LogP contribution in [0.25, 0.3) is 0 Å². The molecule has 2 nitrogen and oxygen atoms in total. The molecule has 1 saturated carbocycles. The molecule has 0 heterocycles. The number of aliphatic hydroxyl groups is 1. The zero-order chi connectivity index (χ0) is 10.2. The molecule has 0 bridgehead atoms. The maximum Gasteiger partial charge on any atom is 0.119 e. The Bertz CT molecular complexity index is 340. The normalized spacial score (nSPS) is 18.1. The maximum atomic E-state index is 9.65. The molecule has 1 aliphatic carbocycles. The van der Waals surface area contributed by atoms with Gasteiger partial charge in [0.25, 0.3) is 0 Å². The topological polar surface area (TPSA) is 40.5 Å². The fraction of sp³-hybridized carbons (Fsp3) is 0.500. The molecule has 0 amide bonds. The van der Waals surface area contributed by atoms with E-state index >= 15 is 0 Å². The smallest absolute Gasteiger partial charge is 0.119 e. The van der Waals surface area contributed by atoms with E-state index in [1.165, 1.54) is 0 Å². The van der Waals surface area contributed by atoms with E-state index in [2.05, 4.69) is 0 Å². The Hall–Kier alpha value is -1.02. The van der Waals surface area contributed by atoms with Crippen LogP contribution in [0.3, 0.4) is 0 Å². The van der Waals surface area contributed by atoms with Gasteiger partial charge in [-0.3, -0.25) is 0 Å². The standard InChI is InChI=1S/C12H16O2/c1-9-2-3-10(11(13)8-9)4-5-12(14)6-7-12/h2-3,8,13-14H,4-7H2,1H3. The van der Waals surface area contributed by atoms with Crippen LogP contribution in [0.4, 0.5) is 0 Å². The maximum absolute atomic E-state index is 9.65. The zero-order valence-corrected chi connectivity index (χ0v) is 8.45. The van der Waals surface area contributed by atoms with Gasteiger partial charge in [-0.25, -0.2) is 0 Å². The number of benzene rings is 1. The van der Waals surface area contributed by atoms with Gasteiger partial charge in [0.1, 0.15) is 5.75 Å². The molecule has 1 aromatic carbocycles. The second-order valence-corrected chi connectivity index (χ2v) is 4.36. The SMILES string of the molecule is Cc1ccc(CCC2(O)CC2)c(O)c1. The Labute approximate surface area is 84.2 Å². The minimum Gasteiger partial charge on any atom is -0.508 e. The van der Waals surface area contributed by atoms with Crippen molar-refractivity contribution in [1.82, 2.24) is 0 Å². The molecule has 0 atom stereocenters. The van der Waals surface area contributed by atoms with Crippen molar-refractivity contribution in [2.75, 3.05) is 0 Å². The number of phenolic OH excluding ortho intramolecular Hbond substituents is 1. The van der Waals surface area contributed by atoms with E-state index in [0.29, 0.717) is 5.75 Å². The minimum absolute atomic E-state index is 0.356. The summed E-state index contributed by atoms with van der Waals surface area (Å²) in [4.78, 5) is 0. The van der Waals surface area contributed by atoms with E-state index in [4.69, 9.17) is 0 Å². The van der Waals surface area contributed by atoms with E-state index in [1.54, 1.807) is 6.07 Å². The lowest BCUT2D eigenvalue weighted by Gasteiger charge is -2.08. The Morgan fingerprint density at radius 1 is 1.36 bits per heavy atom. The molecule has 0 aliphatic heterocycles. The van der Waals surface area contributed by atoms with Crippen molar-refractivity contribution in [2.24, 2.45) is 0 Å². The molecular weight excluding hydrogens is 176 g/mol. The lowest BCUT2D eigenvalue weighted by molar-refractivity contribution is 0.140. The Morgan fingerprint density at radius 3 is 2.64 bits per heavy atom. The second kappa shape index (κ2) is 3.28. The summed E-state index contributed by atoms with van der Waals surface area (Å²) in [5.74, 6) is 0.356. The lowest BCUT2D eigenvalue weighted by Crippen LogP contribution is -2.07. The summed E-state index contributed by atoms with van der Waals surface area (Å²) >= 11 is 0. The summed E-state index contributed by atoms with van der Waals surface area (Å²) < 4.78 is 0. The summed E-state index contributed by atoms with van der Waals surface area (Å²) in [5, 5.41) is 19.3. The molecule has 1 aliphatic rings. The van der Waals surface area contributed by atoms with Crippen molar-refractivity contribution in [3.8, 4) is 5.75 Å². The molecule has 0 saturated heterocycles. The third-order valence-corrected chi connectivity index (χ3v) is 2.93. The third kappa shape index (κ3) is 2.07. The van der Waals surface area contributed by atoms with Crippen LogP contribution in [0.2, 0.25) is 0 Å². The van der Waals surface area contributed by atoms with Crippen molar-refractivity contribution >= 4 is 0 Å².